The van der Waals surface area contributed by atoms with E-state index in [0.29, 0.717) is 18.7 Å². The summed E-state index contributed by atoms with van der Waals surface area (Å²) in [7, 11) is 1.61. The molecule has 1 heterocycles. The Kier molecular flexibility index (Phi) is 5.02. The topological polar surface area (TPSA) is 72.2 Å². The van der Waals surface area contributed by atoms with E-state index in [1.54, 1.807) is 13.2 Å². The highest BCUT2D eigenvalue weighted by molar-refractivity contribution is 5.62. The Labute approximate surface area is 121 Å². The van der Waals surface area contributed by atoms with Crippen LogP contribution in [-0.2, 0) is 11.2 Å². The summed E-state index contributed by atoms with van der Waals surface area (Å²) in [6.45, 7) is 0.535. The highest BCUT2D eigenvalue weighted by Crippen LogP contribution is 2.24. The van der Waals surface area contributed by atoms with Crippen molar-refractivity contribution in [2.24, 2.45) is 5.84 Å². The summed E-state index contributed by atoms with van der Waals surface area (Å²) in [5, 5.41) is 2.85. The van der Waals surface area contributed by atoms with Gasteiger partial charge in [-0.15, -0.1) is 0 Å². The molecule has 2 aromatic rings. The molecule has 0 radical (unpaired) electrons. The second-order valence-electron chi connectivity index (χ2n) is 4.32. The van der Waals surface area contributed by atoms with Gasteiger partial charge in [-0.3, -0.25) is 0 Å². The van der Waals surface area contributed by atoms with Gasteiger partial charge in [0.25, 0.3) is 0 Å². The third kappa shape index (κ3) is 3.65. The van der Waals surface area contributed by atoms with Crippen LogP contribution in [0.25, 0.3) is 0 Å². The molecule has 7 heteroatoms. The number of halogens is 2. The number of para-hydroxylation sites is 1. The SMILES string of the molecule is COCCc1ccccc1Nc1nc(NN)c(F)cc1F. The standard InChI is InChI=1S/C14H16F2N4O/c1-21-7-6-9-4-2-3-5-12(9)18-13-10(15)8-11(16)14(19-13)20-17/h2-5,8H,6-7,17H2,1H3,(H2,18,19,20). The molecule has 5 nitrogen and oxygen atoms in total. The highest BCUT2D eigenvalue weighted by Gasteiger charge is 2.12. The van der Waals surface area contributed by atoms with E-state index in [-0.39, 0.29) is 11.6 Å². The zero-order valence-corrected chi connectivity index (χ0v) is 11.5. The van der Waals surface area contributed by atoms with E-state index in [2.05, 4.69) is 15.7 Å². The number of nitrogens with one attached hydrogen (secondary N) is 2. The van der Waals surface area contributed by atoms with Crippen LogP contribution < -0.4 is 16.6 Å². The van der Waals surface area contributed by atoms with Crippen LogP contribution >= 0.6 is 0 Å². The minimum Gasteiger partial charge on any atom is -0.384 e. The molecule has 0 aliphatic rings. The number of nitrogens with zero attached hydrogens (tertiary/aromatic N) is 1. The quantitative estimate of drug-likeness (QED) is 0.564. The van der Waals surface area contributed by atoms with E-state index < -0.39 is 11.6 Å². The molecule has 1 aromatic heterocycles. The largest absolute Gasteiger partial charge is 0.384 e. The predicted octanol–water partition coefficient (Wildman–Crippen LogP) is 2.58. The Balaban J connectivity index is 2.30. The first-order valence-corrected chi connectivity index (χ1v) is 6.32. The molecule has 112 valence electrons. The lowest BCUT2D eigenvalue weighted by Gasteiger charge is -2.13. The van der Waals surface area contributed by atoms with Crippen LogP contribution in [0.15, 0.2) is 30.3 Å². The number of ether oxygens (including phenoxy) is 1. The minimum atomic E-state index is -0.854. The van der Waals surface area contributed by atoms with Gasteiger partial charge < -0.3 is 15.5 Å². The number of hydrogen-bond acceptors (Lipinski definition) is 5. The molecule has 21 heavy (non-hydrogen) atoms. The van der Waals surface area contributed by atoms with Gasteiger partial charge in [-0.05, 0) is 18.1 Å². The third-order valence-electron chi connectivity index (χ3n) is 2.91. The van der Waals surface area contributed by atoms with E-state index in [0.717, 1.165) is 11.6 Å². The van der Waals surface area contributed by atoms with E-state index in [4.69, 9.17) is 10.6 Å². The zero-order valence-electron chi connectivity index (χ0n) is 11.5. The van der Waals surface area contributed by atoms with Crippen molar-refractivity contribution in [1.29, 1.82) is 0 Å². The van der Waals surface area contributed by atoms with E-state index >= 15 is 0 Å². The molecule has 0 aliphatic heterocycles. The fourth-order valence-corrected chi connectivity index (χ4v) is 1.86. The molecular formula is C14H16F2N4O. The van der Waals surface area contributed by atoms with E-state index in [1.807, 2.05) is 18.2 Å². The average Bonchev–Trinajstić information content (AvgIpc) is 2.49. The van der Waals surface area contributed by atoms with Gasteiger partial charge in [0.1, 0.15) is 0 Å². The van der Waals surface area contributed by atoms with Crippen LogP contribution in [0, 0.1) is 11.6 Å². The van der Waals surface area contributed by atoms with Crippen LogP contribution in [0.4, 0.5) is 26.1 Å². The molecule has 0 bridgehead atoms. The summed E-state index contributed by atoms with van der Waals surface area (Å²) in [5.74, 6) is 3.16. The van der Waals surface area contributed by atoms with Crippen molar-refractivity contribution in [3.8, 4) is 0 Å². The first kappa shape index (κ1) is 15.1. The fourth-order valence-electron chi connectivity index (χ4n) is 1.86. The highest BCUT2D eigenvalue weighted by atomic mass is 19.1. The second-order valence-corrected chi connectivity index (χ2v) is 4.32. The Bertz CT molecular complexity index is 622. The number of methoxy groups -OCH3 is 1. The lowest BCUT2D eigenvalue weighted by atomic mass is 10.1. The van der Waals surface area contributed by atoms with Gasteiger partial charge in [0.2, 0.25) is 0 Å². The van der Waals surface area contributed by atoms with Gasteiger partial charge in [0, 0.05) is 18.9 Å². The van der Waals surface area contributed by atoms with Crippen LogP contribution in [0.1, 0.15) is 5.56 Å². The Hall–Kier alpha value is -2.25. The molecule has 1 aromatic carbocycles. The zero-order chi connectivity index (χ0) is 15.2. The van der Waals surface area contributed by atoms with Gasteiger partial charge in [-0.25, -0.2) is 19.6 Å². The number of hydrazine groups is 1. The molecule has 0 saturated heterocycles. The van der Waals surface area contributed by atoms with Crippen molar-refractivity contribution in [3.63, 3.8) is 0 Å². The van der Waals surface area contributed by atoms with Crippen molar-refractivity contribution in [1.82, 2.24) is 4.98 Å². The summed E-state index contributed by atoms with van der Waals surface area (Å²) in [5.41, 5.74) is 3.70. The smallest absolute Gasteiger partial charge is 0.178 e. The molecule has 4 N–H and O–H groups in total. The first-order chi connectivity index (χ1) is 10.2. The maximum absolute atomic E-state index is 13.8. The number of benzene rings is 1. The van der Waals surface area contributed by atoms with E-state index in [9.17, 15) is 8.78 Å². The molecular weight excluding hydrogens is 278 g/mol. The van der Waals surface area contributed by atoms with Crippen molar-refractivity contribution >= 4 is 17.3 Å². The number of nitrogens with two attached hydrogens (primary N) is 1. The van der Waals surface area contributed by atoms with Gasteiger partial charge >= 0.3 is 0 Å². The van der Waals surface area contributed by atoms with Gasteiger partial charge in [-0.1, -0.05) is 18.2 Å². The summed E-state index contributed by atoms with van der Waals surface area (Å²) in [4.78, 5) is 3.78. The van der Waals surface area contributed by atoms with Crippen molar-refractivity contribution in [2.75, 3.05) is 24.5 Å². The first-order valence-electron chi connectivity index (χ1n) is 6.32. The molecule has 2 rings (SSSR count). The summed E-state index contributed by atoms with van der Waals surface area (Å²) in [6.07, 6.45) is 0.657. The maximum Gasteiger partial charge on any atom is 0.178 e. The monoisotopic (exact) mass is 294 g/mol. The van der Waals surface area contributed by atoms with Crippen LogP contribution in [0.5, 0.6) is 0 Å². The minimum absolute atomic E-state index is 0.103. The Morgan fingerprint density at radius 2 is 1.90 bits per heavy atom. The Morgan fingerprint density at radius 3 is 2.62 bits per heavy atom. The van der Waals surface area contributed by atoms with Gasteiger partial charge in [0.15, 0.2) is 23.3 Å². The summed E-state index contributed by atoms with van der Waals surface area (Å²) >= 11 is 0. The van der Waals surface area contributed by atoms with Crippen LogP contribution in [0.2, 0.25) is 0 Å². The molecule has 0 saturated carbocycles. The lowest BCUT2D eigenvalue weighted by Crippen LogP contribution is -2.12. The molecule has 0 atom stereocenters. The molecule has 0 aliphatic carbocycles. The van der Waals surface area contributed by atoms with Crippen LogP contribution in [-0.4, -0.2) is 18.7 Å². The fraction of sp³-hybridized carbons (Fsp3) is 0.214. The summed E-state index contributed by atoms with van der Waals surface area (Å²) in [6, 6.07) is 8.08. The molecule has 0 fully saturated rings. The number of hydrogen-bond donors (Lipinski definition) is 3. The summed E-state index contributed by atoms with van der Waals surface area (Å²) < 4.78 is 32.1. The molecule has 0 amide bonds. The number of rotatable bonds is 6. The average molecular weight is 294 g/mol. The number of aromatic nitrogens is 1. The van der Waals surface area contributed by atoms with Crippen LogP contribution in [0.3, 0.4) is 0 Å². The predicted molar refractivity (Wildman–Crippen MR) is 77.3 cm³/mol. The normalized spacial score (nSPS) is 10.5. The second kappa shape index (κ2) is 6.96. The Morgan fingerprint density at radius 1 is 1.19 bits per heavy atom. The van der Waals surface area contributed by atoms with Crippen molar-refractivity contribution in [3.05, 3.63) is 47.5 Å². The van der Waals surface area contributed by atoms with Gasteiger partial charge in [0.05, 0.1) is 6.61 Å². The molecule has 0 spiro atoms. The number of anilines is 3. The van der Waals surface area contributed by atoms with Crippen molar-refractivity contribution < 1.29 is 13.5 Å². The molecule has 0 unspecified atom stereocenters. The van der Waals surface area contributed by atoms with Gasteiger partial charge in [-0.2, -0.15) is 0 Å². The number of nitrogen functional groups attached to an aromatic ring is 1. The lowest BCUT2D eigenvalue weighted by molar-refractivity contribution is 0.202. The maximum atomic E-state index is 13.8. The third-order valence-corrected chi connectivity index (χ3v) is 2.91. The van der Waals surface area contributed by atoms with Crippen molar-refractivity contribution in [2.45, 2.75) is 6.42 Å². The number of pyridine rings is 1. The van der Waals surface area contributed by atoms with E-state index in [1.165, 1.54) is 0 Å².